The predicted molar refractivity (Wildman–Crippen MR) is 93.4 cm³/mol. The monoisotopic (exact) mass is 340 g/mol. The summed E-state index contributed by atoms with van der Waals surface area (Å²) in [4.78, 5) is 12.4. The summed E-state index contributed by atoms with van der Waals surface area (Å²) in [7, 11) is 1.61. The number of benzene rings is 2. The summed E-state index contributed by atoms with van der Waals surface area (Å²) in [6.45, 7) is 1.79. The third kappa shape index (κ3) is 2.17. The molecule has 2 aromatic carbocycles. The van der Waals surface area contributed by atoms with Crippen molar-refractivity contribution in [3.63, 3.8) is 0 Å². The Morgan fingerprint density at radius 3 is 2.62 bits per heavy atom. The van der Waals surface area contributed by atoms with Crippen LogP contribution in [0.4, 0.5) is 0 Å². The number of ether oxygens (including phenoxy) is 1. The molecule has 2 aromatic heterocycles. The molecule has 120 valence electrons. The molecule has 0 aliphatic rings. The van der Waals surface area contributed by atoms with E-state index in [4.69, 9.17) is 20.8 Å². The van der Waals surface area contributed by atoms with Crippen molar-refractivity contribution in [1.82, 2.24) is 9.78 Å². The highest BCUT2D eigenvalue weighted by Crippen LogP contribution is 2.29. The number of rotatable bonds is 2. The van der Waals surface area contributed by atoms with E-state index in [1.807, 2.05) is 24.3 Å². The standard InChI is InChI=1S/C18H13ClN2O3/c1-10-16-17(14-9-11(19)3-8-15(14)24-18(16)22)21(20-10)12-4-6-13(23-2)7-5-12/h3-9H,1-2H3. The minimum absolute atomic E-state index is 0.405. The molecule has 2 heterocycles. The fraction of sp³-hybridized carbons (Fsp3) is 0.111. The lowest BCUT2D eigenvalue weighted by Crippen LogP contribution is -2.01. The maximum absolute atomic E-state index is 12.4. The first kappa shape index (κ1) is 14.8. The molecule has 0 fully saturated rings. The van der Waals surface area contributed by atoms with Gasteiger partial charge in [-0.05, 0) is 49.4 Å². The smallest absolute Gasteiger partial charge is 0.347 e. The van der Waals surface area contributed by atoms with Crippen LogP contribution in [0.2, 0.25) is 5.02 Å². The molecule has 0 atom stereocenters. The zero-order valence-electron chi connectivity index (χ0n) is 13.0. The highest BCUT2D eigenvalue weighted by atomic mass is 35.5. The average Bonchev–Trinajstić information content (AvgIpc) is 2.94. The van der Waals surface area contributed by atoms with Gasteiger partial charge < -0.3 is 9.15 Å². The van der Waals surface area contributed by atoms with Gasteiger partial charge in [-0.3, -0.25) is 0 Å². The first-order valence-corrected chi connectivity index (χ1v) is 7.72. The summed E-state index contributed by atoms with van der Waals surface area (Å²) in [5, 5.41) is 6.30. The van der Waals surface area contributed by atoms with Crippen molar-refractivity contribution in [3.8, 4) is 11.4 Å². The molecule has 0 unspecified atom stereocenters. The van der Waals surface area contributed by atoms with Crippen LogP contribution < -0.4 is 10.4 Å². The highest BCUT2D eigenvalue weighted by Gasteiger charge is 2.18. The van der Waals surface area contributed by atoms with Crippen molar-refractivity contribution >= 4 is 33.5 Å². The third-order valence-electron chi connectivity index (χ3n) is 3.98. The number of halogens is 1. The Labute approximate surface area is 142 Å². The summed E-state index contributed by atoms with van der Waals surface area (Å²) < 4.78 is 12.3. The van der Waals surface area contributed by atoms with Crippen molar-refractivity contribution in [3.05, 3.63) is 63.6 Å². The van der Waals surface area contributed by atoms with Crippen molar-refractivity contribution in [2.75, 3.05) is 7.11 Å². The zero-order chi connectivity index (χ0) is 16.8. The molecule has 0 saturated carbocycles. The predicted octanol–water partition coefficient (Wildman–Crippen LogP) is 4.10. The van der Waals surface area contributed by atoms with E-state index >= 15 is 0 Å². The largest absolute Gasteiger partial charge is 0.497 e. The van der Waals surface area contributed by atoms with Crippen LogP contribution in [0.1, 0.15) is 5.69 Å². The molecule has 0 bridgehead atoms. The van der Waals surface area contributed by atoms with Crippen molar-refractivity contribution < 1.29 is 9.15 Å². The lowest BCUT2D eigenvalue weighted by Gasteiger charge is -2.07. The van der Waals surface area contributed by atoms with Gasteiger partial charge in [-0.2, -0.15) is 5.10 Å². The molecule has 0 amide bonds. The molecule has 0 aliphatic carbocycles. The van der Waals surface area contributed by atoms with E-state index in [0.717, 1.165) is 16.8 Å². The van der Waals surface area contributed by atoms with Gasteiger partial charge in [0.05, 0.1) is 24.0 Å². The van der Waals surface area contributed by atoms with E-state index in [1.54, 1.807) is 36.9 Å². The van der Waals surface area contributed by atoms with Crippen LogP contribution in [0.15, 0.2) is 51.7 Å². The SMILES string of the molecule is COc1ccc(-n2nc(C)c3c(=O)oc4ccc(Cl)cc4c32)cc1. The summed E-state index contributed by atoms with van der Waals surface area (Å²) >= 11 is 6.14. The molecule has 5 nitrogen and oxygen atoms in total. The fourth-order valence-corrected chi connectivity index (χ4v) is 3.03. The Bertz CT molecular complexity index is 1130. The average molecular weight is 341 g/mol. The number of hydrogen-bond donors (Lipinski definition) is 0. The van der Waals surface area contributed by atoms with Crippen LogP contribution in [0.25, 0.3) is 27.6 Å². The van der Waals surface area contributed by atoms with Gasteiger partial charge >= 0.3 is 5.63 Å². The quantitative estimate of drug-likeness (QED) is 0.515. The van der Waals surface area contributed by atoms with Crippen LogP contribution in [-0.4, -0.2) is 16.9 Å². The summed E-state index contributed by atoms with van der Waals surface area (Å²) in [6.07, 6.45) is 0. The molecule has 0 saturated heterocycles. The normalized spacial score (nSPS) is 11.3. The van der Waals surface area contributed by atoms with Gasteiger partial charge in [0.15, 0.2) is 0 Å². The Morgan fingerprint density at radius 1 is 1.17 bits per heavy atom. The van der Waals surface area contributed by atoms with Gasteiger partial charge in [0.25, 0.3) is 0 Å². The van der Waals surface area contributed by atoms with E-state index in [9.17, 15) is 4.79 Å². The molecular weight excluding hydrogens is 328 g/mol. The number of aryl methyl sites for hydroxylation is 1. The Kier molecular flexibility index (Phi) is 3.32. The van der Waals surface area contributed by atoms with Crippen LogP contribution in [0.5, 0.6) is 5.75 Å². The van der Waals surface area contributed by atoms with Gasteiger partial charge in [0.2, 0.25) is 0 Å². The van der Waals surface area contributed by atoms with E-state index in [0.29, 0.717) is 27.2 Å². The van der Waals surface area contributed by atoms with Gasteiger partial charge in [-0.1, -0.05) is 11.6 Å². The topological polar surface area (TPSA) is 57.3 Å². The first-order chi connectivity index (χ1) is 11.6. The Morgan fingerprint density at radius 2 is 1.92 bits per heavy atom. The molecule has 6 heteroatoms. The minimum atomic E-state index is -0.405. The second kappa shape index (κ2) is 5.39. The van der Waals surface area contributed by atoms with Crippen LogP contribution in [-0.2, 0) is 0 Å². The zero-order valence-corrected chi connectivity index (χ0v) is 13.8. The van der Waals surface area contributed by atoms with Crippen molar-refractivity contribution in [1.29, 1.82) is 0 Å². The molecule has 24 heavy (non-hydrogen) atoms. The molecule has 0 spiro atoms. The Hall–Kier alpha value is -2.79. The third-order valence-corrected chi connectivity index (χ3v) is 4.22. The fourth-order valence-electron chi connectivity index (χ4n) is 2.86. The maximum Gasteiger partial charge on any atom is 0.347 e. The number of fused-ring (bicyclic) bond motifs is 3. The maximum atomic E-state index is 12.4. The first-order valence-electron chi connectivity index (χ1n) is 7.34. The number of aromatic nitrogens is 2. The lowest BCUT2D eigenvalue weighted by atomic mass is 10.1. The van der Waals surface area contributed by atoms with Crippen LogP contribution in [0, 0.1) is 6.92 Å². The number of methoxy groups -OCH3 is 1. The molecule has 0 radical (unpaired) electrons. The highest BCUT2D eigenvalue weighted by molar-refractivity contribution is 6.31. The van der Waals surface area contributed by atoms with Gasteiger partial charge in [-0.15, -0.1) is 0 Å². The second-order valence-electron chi connectivity index (χ2n) is 5.45. The minimum Gasteiger partial charge on any atom is -0.497 e. The molecule has 0 aliphatic heterocycles. The molecule has 4 aromatic rings. The van der Waals surface area contributed by atoms with E-state index in [2.05, 4.69) is 5.10 Å². The van der Waals surface area contributed by atoms with E-state index in [1.165, 1.54) is 0 Å². The van der Waals surface area contributed by atoms with Crippen molar-refractivity contribution in [2.45, 2.75) is 6.92 Å². The lowest BCUT2D eigenvalue weighted by molar-refractivity contribution is 0.414. The van der Waals surface area contributed by atoms with Crippen LogP contribution >= 0.6 is 11.6 Å². The van der Waals surface area contributed by atoms with Crippen molar-refractivity contribution in [2.24, 2.45) is 0 Å². The molecule has 0 N–H and O–H groups in total. The van der Waals surface area contributed by atoms with Gasteiger partial charge in [0, 0.05) is 10.4 Å². The summed E-state index contributed by atoms with van der Waals surface area (Å²) in [5.41, 5.74) is 2.19. The van der Waals surface area contributed by atoms with E-state index in [-0.39, 0.29) is 0 Å². The van der Waals surface area contributed by atoms with Crippen LogP contribution in [0.3, 0.4) is 0 Å². The molecular formula is C18H13ClN2O3. The van der Waals surface area contributed by atoms with Gasteiger partial charge in [0.1, 0.15) is 16.7 Å². The second-order valence-corrected chi connectivity index (χ2v) is 5.89. The summed E-state index contributed by atoms with van der Waals surface area (Å²) in [5.74, 6) is 0.749. The Balaban J connectivity index is 2.13. The number of hydrogen-bond acceptors (Lipinski definition) is 4. The number of nitrogens with zero attached hydrogens (tertiary/aromatic N) is 2. The molecule has 4 rings (SSSR count). The van der Waals surface area contributed by atoms with Gasteiger partial charge in [-0.25, -0.2) is 9.48 Å². The summed E-state index contributed by atoms with van der Waals surface area (Å²) in [6, 6.07) is 12.6. The van der Waals surface area contributed by atoms with E-state index < -0.39 is 5.63 Å².